The van der Waals surface area contributed by atoms with Gasteiger partial charge in [0.05, 0.1) is 6.04 Å². The Bertz CT molecular complexity index is 856. The molecule has 0 aliphatic carbocycles. The fraction of sp³-hybridized carbons (Fsp3) is 0.600. The van der Waals surface area contributed by atoms with Gasteiger partial charge in [0.1, 0.15) is 11.4 Å². The third kappa shape index (κ3) is 5.82. The Labute approximate surface area is 171 Å². The lowest BCUT2D eigenvalue weighted by molar-refractivity contribution is 0.0507. The van der Waals surface area contributed by atoms with Crippen molar-refractivity contribution in [2.75, 3.05) is 26.7 Å². The first kappa shape index (κ1) is 20.9. The number of pyridine rings is 1. The maximum atomic E-state index is 12.0. The summed E-state index contributed by atoms with van der Waals surface area (Å²) in [5, 5.41) is 14.8. The lowest BCUT2D eigenvalue weighted by atomic mass is 10.2. The van der Waals surface area contributed by atoms with Crippen molar-refractivity contribution in [3.63, 3.8) is 0 Å². The molecule has 1 unspecified atom stereocenters. The molecule has 0 saturated carbocycles. The molecular weight excluding hydrogens is 370 g/mol. The van der Waals surface area contributed by atoms with Crippen LogP contribution in [0.15, 0.2) is 29.4 Å². The molecule has 0 spiro atoms. The quantitative estimate of drug-likeness (QED) is 0.451. The zero-order valence-corrected chi connectivity index (χ0v) is 17.7. The van der Waals surface area contributed by atoms with Gasteiger partial charge in [-0.3, -0.25) is 9.39 Å². The molecule has 1 amide bonds. The van der Waals surface area contributed by atoms with Crippen LogP contribution in [0.3, 0.4) is 0 Å². The highest BCUT2D eigenvalue weighted by Crippen LogP contribution is 2.12. The van der Waals surface area contributed by atoms with Gasteiger partial charge in [0.2, 0.25) is 0 Å². The smallest absolute Gasteiger partial charge is 0.407 e. The normalized spacial score (nSPS) is 17.6. The van der Waals surface area contributed by atoms with Crippen LogP contribution in [0, 0.1) is 0 Å². The van der Waals surface area contributed by atoms with Crippen molar-refractivity contribution < 1.29 is 9.53 Å². The number of alkyl carbamates (subject to hydrolysis) is 1. The molecule has 9 heteroatoms. The van der Waals surface area contributed by atoms with Crippen LogP contribution in [-0.4, -0.2) is 69.9 Å². The standard InChI is InChI=1S/C20H31N7O2/c1-20(2,3)29-19(28)23-15-10-13-26(14-15)18(21-4)22-11-7-9-17-25-24-16-8-5-6-12-27(16)17/h5-6,8,12,15H,7,9-11,13-14H2,1-4H3,(H,21,22)(H,23,28). The van der Waals surface area contributed by atoms with Crippen molar-refractivity contribution in [3.05, 3.63) is 30.2 Å². The predicted molar refractivity (Wildman–Crippen MR) is 112 cm³/mol. The van der Waals surface area contributed by atoms with E-state index in [1.807, 2.05) is 49.6 Å². The van der Waals surface area contributed by atoms with Gasteiger partial charge in [-0.15, -0.1) is 10.2 Å². The minimum absolute atomic E-state index is 0.0609. The van der Waals surface area contributed by atoms with Crippen LogP contribution in [0.2, 0.25) is 0 Å². The summed E-state index contributed by atoms with van der Waals surface area (Å²) < 4.78 is 7.36. The molecule has 2 aromatic heterocycles. The molecule has 2 N–H and O–H groups in total. The molecule has 1 aliphatic heterocycles. The highest BCUT2D eigenvalue weighted by molar-refractivity contribution is 5.80. The Morgan fingerprint density at radius 3 is 2.93 bits per heavy atom. The minimum atomic E-state index is -0.490. The second-order valence-electron chi connectivity index (χ2n) is 8.20. The molecule has 9 nitrogen and oxygen atoms in total. The number of nitrogens with one attached hydrogen (secondary N) is 2. The van der Waals surface area contributed by atoms with Crippen LogP contribution in [0.5, 0.6) is 0 Å². The number of hydrogen-bond donors (Lipinski definition) is 2. The first-order valence-electron chi connectivity index (χ1n) is 10.1. The third-order valence-corrected chi connectivity index (χ3v) is 4.67. The Morgan fingerprint density at radius 1 is 1.34 bits per heavy atom. The fourth-order valence-electron chi connectivity index (χ4n) is 3.39. The maximum Gasteiger partial charge on any atom is 0.407 e. The number of likely N-dealkylation sites (tertiary alicyclic amines) is 1. The number of aliphatic imine (C=N–C) groups is 1. The van der Waals surface area contributed by atoms with Gasteiger partial charge in [-0.25, -0.2) is 4.79 Å². The van der Waals surface area contributed by atoms with Crippen LogP contribution in [-0.2, 0) is 11.2 Å². The average molecular weight is 402 g/mol. The number of ether oxygens (including phenoxy) is 1. The number of aromatic nitrogens is 3. The van der Waals surface area contributed by atoms with Gasteiger partial charge in [-0.1, -0.05) is 6.07 Å². The lowest BCUT2D eigenvalue weighted by Gasteiger charge is -2.23. The molecule has 1 saturated heterocycles. The molecule has 29 heavy (non-hydrogen) atoms. The Balaban J connectivity index is 1.42. The van der Waals surface area contributed by atoms with Crippen molar-refractivity contribution in [3.8, 4) is 0 Å². The summed E-state index contributed by atoms with van der Waals surface area (Å²) in [6.45, 7) is 7.93. The summed E-state index contributed by atoms with van der Waals surface area (Å²) >= 11 is 0. The van der Waals surface area contributed by atoms with E-state index in [-0.39, 0.29) is 12.1 Å². The molecule has 1 atom stereocenters. The number of guanidine groups is 1. The van der Waals surface area contributed by atoms with Crippen LogP contribution >= 0.6 is 0 Å². The average Bonchev–Trinajstić information content (AvgIpc) is 3.27. The van der Waals surface area contributed by atoms with Crippen molar-refractivity contribution in [2.24, 2.45) is 4.99 Å². The second-order valence-corrected chi connectivity index (χ2v) is 8.20. The summed E-state index contributed by atoms with van der Waals surface area (Å²) in [6.07, 6.45) is 4.23. The first-order valence-corrected chi connectivity index (χ1v) is 10.1. The summed E-state index contributed by atoms with van der Waals surface area (Å²) in [5.74, 6) is 1.81. The molecule has 1 aliphatic rings. The van der Waals surface area contributed by atoms with Crippen LogP contribution in [0.25, 0.3) is 5.65 Å². The topological polar surface area (TPSA) is 96.1 Å². The van der Waals surface area contributed by atoms with Gasteiger partial charge in [-0.2, -0.15) is 0 Å². The highest BCUT2D eigenvalue weighted by Gasteiger charge is 2.27. The molecule has 158 valence electrons. The monoisotopic (exact) mass is 401 g/mol. The van der Waals surface area contributed by atoms with Gasteiger partial charge in [-0.05, 0) is 45.7 Å². The van der Waals surface area contributed by atoms with Crippen LogP contribution < -0.4 is 10.6 Å². The second kappa shape index (κ2) is 9.11. The van der Waals surface area contributed by atoms with Gasteiger partial charge in [0.15, 0.2) is 11.6 Å². The molecule has 3 rings (SSSR count). The van der Waals surface area contributed by atoms with Crippen molar-refractivity contribution >= 4 is 17.7 Å². The molecule has 1 fully saturated rings. The number of carbonyl (C=O) groups is 1. The van der Waals surface area contributed by atoms with E-state index in [9.17, 15) is 4.79 Å². The number of hydrogen-bond acceptors (Lipinski definition) is 5. The van der Waals surface area contributed by atoms with E-state index in [4.69, 9.17) is 4.74 Å². The number of amides is 1. The zero-order valence-electron chi connectivity index (χ0n) is 17.7. The predicted octanol–water partition coefficient (Wildman–Crippen LogP) is 1.84. The SMILES string of the molecule is CN=C(NCCCc1nnc2ccccn12)N1CCC(NC(=O)OC(C)(C)C)C1. The summed E-state index contributed by atoms with van der Waals surface area (Å²) in [5.41, 5.74) is 0.377. The minimum Gasteiger partial charge on any atom is -0.444 e. The van der Waals surface area contributed by atoms with E-state index in [1.165, 1.54) is 0 Å². The van der Waals surface area contributed by atoms with Crippen molar-refractivity contribution in [1.82, 2.24) is 30.1 Å². The zero-order chi connectivity index (χ0) is 20.9. The Morgan fingerprint density at radius 2 is 2.17 bits per heavy atom. The van der Waals surface area contributed by atoms with Gasteiger partial charge >= 0.3 is 6.09 Å². The molecule has 0 aromatic carbocycles. The highest BCUT2D eigenvalue weighted by atomic mass is 16.6. The number of fused-ring (bicyclic) bond motifs is 1. The first-order chi connectivity index (χ1) is 13.9. The number of carbonyl (C=O) groups excluding carboxylic acids is 1. The van der Waals surface area contributed by atoms with E-state index >= 15 is 0 Å². The van der Waals surface area contributed by atoms with Crippen LogP contribution in [0.4, 0.5) is 4.79 Å². The van der Waals surface area contributed by atoms with Crippen LogP contribution in [0.1, 0.15) is 39.4 Å². The molecular formula is C20H31N7O2. The van der Waals surface area contributed by atoms with E-state index in [0.717, 1.165) is 49.8 Å². The van der Waals surface area contributed by atoms with E-state index in [0.29, 0.717) is 6.54 Å². The number of rotatable bonds is 5. The fourth-order valence-corrected chi connectivity index (χ4v) is 3.39. The molecule has 0 radical (unpaired) electrons. The summed E-state index contributed by atoms with van der Waals surface area (Å²) in [6, 6.07) is 5.95. The number of aryl methyl sites for hydroxylation is 1. The Kier molecular flexibility index (Phi) is 6.56. The third-order valence-electron chi connectivity index (χ3n) is 4.67. The summed E-state index contributed by atoms with van der Waals surface area (Å²) in [7, 11) is 1.78. The van der Waals surface area contributed by atoms with Crippen molar-refractivity contribution in [1.29, 1.82) is 0 Å². The van der Waals surface area contributed by atoms with Crippen molar-refractivity contribution in [2.45, 2.75) is 51.7 Å². The largest absolute Gasteiger partial charge is 0.444 e. The number of nitrogens with zero attached hydrogens (tertiary/aromatic N) is 5. The maximum absolute atomic E-state index is 12.0. The van der Waals surface area contributed by atoms with Gasteiger partial charge < -0.3 is 20.3 Å². The van der Waals surface area contributed by atoms with E-state index in [2.05, 4.69) is 30.7 Å². The van der Waals surface area contributed by atoms with E-state index < -0.39 is 5.60 Å². The molecule has 3 heterocycles. The lowest BCUT2D eigenvalue weighted by Crippen LogP contribution is -2.44. The molecule has 0 bridgehead atoms. The van der Waals surface area contributed by atoms with Gasteiger partial charge in [0, 0.05) is 39.3 Å². The molecule has 2 aromatic rings. The van der Waals surface area contributed by atoms with Gasteiger partial charge in [0.25, 0.3) is 0 Å². The Hall–Kier alpha value is -2.84. The van der Waals surface area contributed by atoms with E-state index in [1.54, 1.807) is 7.05 Å². The summed E-state index contributed by atoms with van der Waals surface area (Å²) in [4.78, 5) is 18.5.